The molecule has 110 valence electrons. The van der Waals surface area contributed by atoms with Crippen molar-refractivity contribution in [2.24, 2.45) is 0 Å². The molecule has 0 bridgehead atoms. The van der Waals surface area contributed by atoms with E-state index >= 15 is 0 Å². The molecule has 0 saturated carbocycles. The van der Waals surface area contributed by atoms with Crippen LogP contribution in [0, 0.1) is 11.3 Å². The molecule has 0 radical (unpaired) electrons. The third kappa shape index (κ3) is 5.75. The van der Waals surface area contributed by atoms with E-state index < -0.39 is 0 Å². The van der Waals surface area contributed by atoms with E-state index in [4.69, 9.17) is 5.26 Å². The summed E-state index contributed by atoms with van der Waals surface area (Å²) in [7, 11) is 0. The van der Waals surface area contributed by atoms with Crippen molar-refractivity contribution in [2.75, 3.05) is 30.7 Å². The highest BCUT2D eigenvalue weighted by Crippen LogP contribution is 2.25. The van der Waals surface area contributed by atoms with E-state index in [-0.39, 0.29) is 5.91 Å². The molecule has 0 aromatic carbocycles. The molecule has 1 aromatic rings. The lowest BCUT2D eigenvalue weighted by molar-refractivity contribution is -0.128. The summed E-state index contributed by atoms with van der Waals surface area (Å²) in [5, 5.41) is 20.6. The van der Waals surface area contributed by atoms with Gasteiger partial charge in [-0.2, -0.15) is 5.26 Å². The van der Waals surface area contributed by atoms with Gasteiger partial charge in [0.1, 0.15) is 0 Å². The molecular weight excluding hydrogens is 294 g/mol. The molecule has 1 aromatic heterocycles. The molecule has 0 spiro atoms. The second-order valence-electron chi connectivity index (χ2n) is 3.97. The van der Waals surface area contributed by atoms with Gasteiger partial charge < -0.3 is 10.2 Å². The Morgan fingerprint density at radius 3 is 2.95 bits per heavy atom. The Morgan fingerprint density at radius 2 is 2.30 bits per heavy atom. The lowest BCUT2D eigenvalue weighted by Gasteiger charge is -2.18. The number of nitriles is 1. The van der Waals surface area contributed by atoms with Gasteiger partial charge in [-0.3, -0.25) is 4.79 Å². The highest BCUT2D eigenvalue weighted by atomic mass is 32.2. The maximum atomic E-state index is 12.0. The first-order valence-electron chi connectivity index (χ1n) is 6.56. The number of carbonyl (C=O) groups excluding carboxylic acids is 1. The monoisotopic (exact) mass is 313 g/mol. The van der Waals surface area contributed by atoms with E-state index in [0.717, 1.165) is 22.4 Å². The fourth-order valence-corrected chi connectivity index (χ4v) is 3.11. The van der Waals surface area contributed by atoms with Crippen LogP contribution in [0.3, 0.4) is 0 Å². The van der Waals surface area contributed by atoms with Gasteiger partial charge in [0.25, 0.3) is 0 Å². The molecule has 8 heteroatoms. The number of thioether (sulfide) groups is 1. The van der Waals surface area contributed by atoms with Gasteiger partial charge in [-0.05, 0) is 13.3 Å². The summed E-state index contributed by atoms with van der Waals surface area (Å²) >= 11 is 2.85. The number of anilines is 1. The van der Waals surface area contributed by atoms with Crippen molar-refractivity contribution in [2.45, 2.75) is 31.0 Å². The number of nitrogens with zero attached hydrogens (tertiary/aromatic N) is 4. The molecule has 0 aliphatic heterocycles. The van der Waals surface area contributed by atoms with Crippen molar-refractivity contribution in [1.29, 1.82) is 5.26 Å². The molecule has 0 aliphatic carbocycles. The van der Waals surface area contributed by atoms with E-state index in [9.17, 15) is 4.79 Å². The minimum atomic E-state index is 0.0333. The summed E-state index contributed by atoms with van der Waals surface area (Å²) in [6.45, 7) is 5.99. The van der Waals surface area contributed by atoms with Crippen molar-refractivity contribution >= 4 is 34.1 Å². The first-order chi connectivity index (χ1) is 9.71. The fraction of sp³-hybridized carbons (Fsp3) is 0.667. The predicted molar refractivity (Wildman–Crippen MR) is 81.9 cm³/mol. The van der Waals surface area contributed by atoms with Crippen LogP contribution in [0.25, 0.3) is 0 Å². The van der Waals surface area contributed by atoms with Gasteiger partial charge in [0, 0.05) is 19.6 Å². The van der Waals surface area contributed by atoms with E-state index in [2.05, 4.69) is 28.5 Å². The minimum Gasteiger partial charge on any atom is -0.360 e. The molecule has 6 nitrogen and oxygen atoms in total. The average molecular weight is 313 g/mol. The molecule has 0 aliphatic rings. The number of nitrogens with one attached hydrogen (secondary N) is 1. The van der Waals surface area contributed by atoms with Crippen LogP contribution in [0.1, 0.15) is 26.7 Å². The number of aromatic nitrogens is 2. The average Bonchev–Trinajstić information content (AvgIpc) is 2.91. The second-order valence-corrected chi connectivity index (χ2v) is 6.17. The maximum Gasteiger partial charge on any atom is 0.233 e. The third-order valence-electron chi connectivity index (χ3n) is 2.48. The highest BCUT2D eigenvalue weighted by Gasteiger charge is 2.13. The van der Waals surface area contributed by atoms with Crippen LogP contribution in [-0.2, 0) is 4.79 Å². The number of amides is 1. The topological polar surface area (TPSA) is 81.9 Å². The van der Waals surface area contributed by atoms with Crippen LogP contribution in [-0.4, -0.2) is 46.4 Å². The van der Waals surface area contributed by atoms with Gasteiger partial charge in [0.15, 0.2) is 4.34 Å². The van der Waals surface area contributed by atoms with Crippen LogP contribution in [0.2, 0.25) is 0 Å². The summed E-state index contributed by atoms with van der Waals surface area (Å²) in [5.74, 6) is 0.368. The van der Waals surface area contributed by atoms with Crippen LogP contribution in [0.5, 0.6) is 0 Å². The van der Waals surface area contributed by atoms with Crippen LogP contribution in [0.4, 0.5) is 5.13 Å². The molecular formula is C12H19N5OS2. The summed E-state index contributed by atoms with van der Waals surface area (Å²) in [5.41, 5.74) is 0. The quantitative estimate of drug-likeness (QED) is 0.704. The Hall–Kier alpha value is -1.33. The Morgan fingerprint density at radius 1 is 1.50 bits per heavy atom. The zero-order valence-electron chi connectivity index (χ0n) is 11.8. The zero-order valence-corrected chi connectivity index (χ0v) is 13.4. The lowest BCUT2D eigenvalue weighted by Crippen LogP contribution is -2.32. The van der Waals surface area contributed by atoms with Crippen LogP contribution < -0.4 is 5.32 Å². The van der Waals surface area contributed by atoms with Crippen molar-refractivity contribution in [3.8, 4) is 6.07 Å². The summed E-state index contributed by atoms with van der Waals surface area (Å²) < 4.78 is 0.785. The van der Waals surface area contributed by atoms with Crippen molar-refractivity contribution in [3.63, 3.8) is 0 Å². The first kappa shape index (κ1) is 16.7. The highest BCUT2D eigenvalue weighted by molar-refractivity contribution is 8.01. The number of hydrogen-bond acceptors (Lipinski definition) is 7. The molecule has 1 N–H and O–H groups in total. The van der Waals surface area contributed by atoms with Gasteiger partial charge in [0.05, 0.1) is 18.2 Å². The number of carbonyl (C=O) groups is 1. The Labute approximate surface area is 127 Å². The van der Waals surface area contributed by atoms with E-state index in [1.54, 1.807) is 4.90 Å². The van der Waals surface area contributed by atoms with Crippen LogP contribution in [0.15, 0.2) is 4.34 Å². The Bertz CT molecular complexity index is 457. The molecule has 20 heavy (non-hydrogen) atoms. The largest absolute Gasteiger partial charge is 0.360 e. The molecule has 0 atom stereocenters. The molecule has 1 rings (SSSR count). The van der Waals surface area contributed by atoms with Gasteiger partial charge in [-0.25, -0.2) is 0 Å². The summed E-state index contributed by atoms with van der Waals surface area (Å²) in [4.78, 5) is 13.7. The number of hydrogen-bond donors (Lipinski definition) is 1. The summed E-state index contributed by atoms with van der Waals surface area (Å²) in [6, 6.07) is 2.05. The zero-order chi connectivity index (χ0) is 14.8. The maximum absolute atomic E-state index is 12.0. The van der Waals surface area contributed by atoms with Gasteiger partial charge in [-0.15, -0.1) is 10.2 Å². The predicted octanol–water partition coefficient (Wildman–Crippen LogP) is 2.21. The van der Waals surface area contributed by atoms with E-state index in [1.165, 1.54) is 23.1 Å². The van der Waals surface area contributed by atoms with E-state index in [0.29, 0.717) is 25.3 Å². The molecule has 0 saturated heterocycles. The standard InChI is InChI=1S/C12H19N5OS2/c1-3-7-14-11-15-16-12(20-11)19-9-10(18)17(4-2)8-5-6-13/h3-5,7-9H2,1-2H3,(H,14,15). The second kappa shape index (κ2) is 9.55. The van der Waals surface area contributed by atoms with Crippen molar-refractivity contribution in [1.82, 2.24) is 15.1 Å². The van der Waals surface area contributed by atoms with Crippen molar-refractivity contribution in [3.05, 3.63) is 0 Å². The molecule has 0 fully saturated rings. The Kier molecular flexibility index (Phi) is 7.99. The Balaban J connectivity index is 2.39. The van der Waals surface area contributed by atoms with Crippen LogP contribution >= 0.6 is 23.1 Å². The van der Waals surface area contributed by atoms with Gasteiger partial charge in [0.2, 0.25) is 11.0 Å². The smallest absolute Gasteiger partial charge is 0.233 e. The lowest BCUT2D eigenvalue weighted by atomic mass is 10.4. The van der Waals surface area contributed by atoms with Gasteiger partial charge in [-0.1, -0.05) is 30.0 Å². The third-order valence-corrected chi connectivity index (χ3v) is 4.48. The van der Waals surface area contributed by atoms with E-state index in [1.807, 2.05) is 6.92 Å². The summed E-state index contributed by atoms with van der Waals surface area (Å²) in [6.07, 6.45) is 1.40. The molecule has 1 amide bonds. The SMILES string of the molecule is CCCNc1nnc(SCC(=O)N(CC)CCC#N)s1. The fourth-order valence-electron chi connectivity index (χ4n) is 1.43. The first-order valence-corrected chi connectivity index (χ1v) is 8.36. The van der Waals surface area contributed by atoms with Crippen molar-refractivity contribution < 1.29 is 4.79 Å². The number of rotatable bonds is 9. The molecule has 1 heterocycles. The minimum absolute atomic E-state index is 0.0333. The van der Waals surface area contributed by atoms with Gasteiger partial charge >= 0.3 is 0 Å². The normalized spacial score (nSPS) is 10.1. The molecule has 0 unspecified atom stereocenters.